The second kappa shape index (κ2) is 4.79. The smallest absolute Gasteiger partial charge is 0.251 e. The van der Waals surface area contributed by atoms with E-state index >= 15 is 0 Å². The van der Waals surface area contributed by atoms with Gasteiger partial charge in [0.25, 0.3) is 5.91 Å². The molecule has 0 saturated heterocycles. The second-order valence-corrected chi connectivity index (χ2v) is 3.78. The molecule has 0 aliphatic heterocycles. The van der Waals surface area contributed by atoms with Gasteiger partial charge in [-0.05, 0) is 24.6 Å². The minimum absolute atomic E-state index is 0.0171. The Morgan fingerprint density at radius 2 is 2.38 bits per heavy atom. The van der Waals surface area contributed by atoms with Crippen molar-refractivity contribution in [2.75, 3.05) is 6.54 Å². The lowest BCUT2D eigenvalue weighted by Gasteiger charge is -2.03. The maximum atomic E-state index is 11.7. The zero-order valence-corrected chi connectivity index (χ0v) is 9.29. The summed E-state index contributed by atoms with van der Waals surface area (Å²) in [6.07, 6.45) is 3.82. The number of unbranched alkanes of at least 4 members (excludes halogenated alkanes) is 1. The van der Waals surface area contributed by atoms with Crippen molar-refractivity contribution in [3.63, 3.8) is 0 Å². The lowest BCUT2D eigenvalue weighted by Crippen LogP contribution is -2.24. The Balaban J connectivity index is 2.10. The van der Waals surface area contributed by atoms with Crippen molar-refractivity contribution in [2.45, 2.75) is 19.8 Å². The lowest BCUT2D eigenvalue weighted by atomic mass is 10.1. The summed E-state index contributed by atoms with van der Waals surface area (Å²) < 4.78 is 0. The zero-order chi connectivity index (χ0) is 11.4. The fourth-order valence-corrected chi connectivity index (χ4v) is 1.56. The molecule has 0 saturated carbocycles. The molecule has 2 rings (SSSR count). The number of nitrogens with one attached hydrogen (secondary N) is 2. The topological polar surface area (TPSA) is 57.8 Å². The number of nitrogens with zero attached hydrogens (tertiary/aromatic N) is 1. The fraction of sp³-hybridized carbons (Fsp3) is 0.333. The molecule has 1 amide bonds. The van der Waals surface area contributed by atoms with E-state index in [0.717, 1.165) is 30.3 Å². The fourth-order valence-electron chi connectivity index (χ4n) is 1.56. The summed E-state index contributed by atoms with van der Waals surface area (Å²) in [5.74, 6) is -0.0171. The average molecular weight is 217 g/mol. The first-order chi connectivity index (χ1) is 7.81. The van der Waals surface area contributed by atoms with Crippen molar-refractivity contribution in [1.82, 2.24) is 15.5 Å². The first kappa shape index (κ1) is 10.7. The van der Waals surface area contributed by atoms with Crippen LogP contribution >= 0.6 is 0 Å². The van der Waals surface area contributed by atoms with Crippen LogP contribution in [-0.2, 0) is 0 Å². The largest absolute Gasteiger partial charge is 0.352 e. The number of H-pyrrole nitrogens is 1. The van der Waals surface area contributed by atoms with Crippen molar-refractivity contribution in [1.29, 1.82) is 0 Å². The number of amides is 1. The van der Waals surface area contributed by atoms with Gasteiger partial charge in [-0.1, -0.05) is 13.3 Å². The summed E-state index contributed by atoms with van der Waals surface area (Å²) in [5.41, 5.74) is 1.63. The van der Waals surface area contributed by atoms with Gasteiger partial charge in [-0.2, -0.15) is 5.10 Å². The van der Waals surface area contributed by atoms with Gasteiger partial charge in [-0.25, -0.2) is 0 Å². The van der Waals surface area contributed by atoms with Crippen LogP contribution in [0.25, 0.3) is 10.9 Å². The third kappa shape index (κ3) is 2.21. The number of aromatic nitrogens is 2. The van der Waals surface area contributed by atoms with Gasteiger partial charge < -0.3 is 5.32 Å². The number of hydrogen-bond donors (Lipinski definition) is 2. The highest BCUT2D eigenvalue weighted by molar-refractivity contribution is 5.97. The third-order valence-corrected chi connectivity index (χ3v) is 2.52. The SMILES string of the molecule is CCCCNC(=O)c1ccc2[nH]ncc2c1. The van der Waals surface area contributed by atoms with Gasteiger partial charge in [0.05, 0.1) is 11.7 Å². The summed E-state index contributed by atoms with van der Waals surface area (Å²) in [4.78, 5) is 11.7. The molecule has 0 aliphatic carbocycles. The lowest BCUT2D eigenvalue weighted by molar-refractivity contribution is 0.0953. The minimum atomic E-state index is -0.0171. The van der Waals surface area contributed by atoms with E-state index in [-0.39, 0.29) is 5.91 Å². The Morgan fingerprint density at radius 1 is 1.50 bits per heavy atom. The molecule has 2 N–H and O–H groups in total. The Morgan fingerprint density at radius 3 is 3.19 bits per heavy atom. The van der Waals surface area contributed by atoms with Gasteiger partial charge in [0.2, 0.25) is 0 Å². The summed E-state index contributed by atoms with van der Waals surface area (Å²) in [6.45, 7) is 2.84. The monoisotopic (exact) mass is 217 g/mol. The Bertz CT molecular complexity index is 490. The van der Waals surface area contributed by atoms with Gasteiger partial charge in [0.1, 0.15) is 0 Å². The summed E-state index contributed by atoms with van der Waals surface area (Å²) in [7, 11) is 0. The number of rotatable bonds is 4. The molecule has 0 fully saturated rings. The highest BCUT2D eigenvalue weighted by Crippen LogP contribution is 2.12. The summed E-state index contributed by atoms with van der Waals surface area (Å²) >= 11 is 0. The molecule has 2 aromatic rings. The van der Waals surface area contributed by atoms with Crippen molar-refractivity contribution < 1.29 is 4.79 Å². The van der Waals surface area contributed by atoms with Gasteiger partial charge >= 0.3 is 0 Å². The van der Waals surface area contributed by atoms with E-state index < -0.39 is 0 Å². The van der Waals surface area contributed by atoms with E-state index in [1.807, 2.05) is 18.2 Å². The maximum Gasteiger partial charge on any atom is 0.251 e. The standard InChI is InChI=1S/C12H15N3O/c1-2-3-6-13-12(16)9-4-5-11-10(7-9)8-14-15-11/h4-5,7-8H,2-3,6H2,1H3,(H,13,16)(H,14,15). The second-order valence-electron chi connectivity index (χ2n) is 3.78. The van der Waals surface area contributed by atoms with Crippen LogP contribution in [0.3, 0.4) is 0 Å². The predicted octanol–water partition coefficient (Wildman–Crippen LogP) is 2.09. The van der Waals surface area contributed by atoms with Crippen molar-refractivity contribution in [2.24, 2.45) is 0 Å². The van der Waals surface area contributed by atoms with Gasteiger partial charge in [-0.15, -0.1) is 0 Å². The van der Waals surface area contributed by atoms with Crippen molar-refractivity contribution in [3.05, 3.63) is 30.0 Å². The molecule has 0 bridgehead atoms. The number of aromatic amines is 1. The summed E-state index contributed by atoms with van der Waals surface area (Å²) in [5, 5.41) is 10.6. The van der Waals surface area contributed by atoms with E-state index in [0.29, 0.717) is 5.56 Å². The Hall–Kier alpha value is -1.84. The summed E-state index contributed by atoms with van der Waals surface area (Å²) in [6, 6.07) is 5.53. The molecule has 4 nitrogen and oxygen atoms in total. The van der Waals surface area contributed by atoms with Crippen LogP contribution in [0.1, 0.15) is 30.1 Å². The van der Waals surface area contributed by atoms with E-state index in [9.17, 15) is 4.79 Å². The van der Waals surface area contributed by atoms with Crippen LogP contribution in [0.15, 0.2) is 24.4 Å². The number of fused-ring (bicyclic) bond motifs is 1. The number of carbonyl (C=O) groups excluding carboxylic acids is 1. The van der Waals surface area contributed by atoms with E-state index in [2.05, 4.69) is 22.4 Å². The molecule has 16 heavy (non-hydrogen) atoms. The van der Waals surface area contributed by atoms with Crippen LogP contribution < -0.4 is 5.32 Å². The number of benzene rings is 1. The molecule has 0 radical (unpaired) electrons. The maximum absolute atomic E-state index is 11.7. The number of hydrogen-bond acceptors (Lipinski definition) is 2. The van der Waals surface area contributed by atoms with E-state index in [4.69, 9.17) is 0 Å². The molecule has 0 unspecified atom stereocenters. The Labute approximate surface area is 94.0 Å². The normalized spacial score (nSPS) is 10.6. The van der Waals surface area contributed by atoms with Crippen LogP contribution in [0.4, 0.5) is 0 Å². The van der Waals surface area contributed by atoms with Gasteiger partial charge in [-0.3, -0.25) is 9.89 Å². The highest BCUT2D eigenvalue weighted by atomic mass is 16.1. The molecule has 1 heterocycles. The van der Waals surface area contributed by atoms with Crippen LogP contribution in [-0.4, -0.2) is 22.6 Å². The first-order valence-corrected chi connectivity index (χ1v) is 5.52. The predicted molar refractivity (Wildman–Crippen MR) is 63.3 cm³/mol. The van der Waals surface area contributed by atoms with Gasteiger partial charge in [0.15, 0.2) is 0 Å². The zero-order valence-electron chi connectivity index (χ0n) is 9.29. The molecule has 0 spiro atoms. The van der Waals surface area contributed by atoms with Gasteiger partial charge in [0, 0.05) is 17.5 Å². The quantitative estimate of drug-likeness (QED) is 0.770. The van der Waals surface area contributed by atoms with Crippen LogP contribution in [0.5, 0.6) is 0 Å². The van der Waals surface area contributed by atoms with E-state index in [1.54, 1.807) is 6.20 Å². The minimum Gasteiger partial charge on any atom is -0.352 e. The Kier molecular flexibility index (Phi) is 3.19. The first-order valence-electron chi connectivity index (χ1n) is 5.52. The molecule has 0 aliphatic rings. The van der Waals surface area contributed by atoms with E-state index in [1.165, 1.54) is 0 Å². The van der Waals surface area contributed by atoms with Crippen molar-refractivity contribution in [3.8, 4) is 0 Å². The molecule has 1 aromatic carbocycles. The third-order valence-electron chi connectivity index (χ3n) is 2.52. The molecular weight excluding hydrogens is 202 g/mol. The average Bonchev–Trinajstić information content (AvgIpc) is 2.76. The van der Waals surface area contributed by atoms with Crippen LogP contribution in [0.2, 0.25) is 0 Å². The highest BCUT2D eigenvalue weighted by Gasteiger charge is 2.05. The number of carbonyl (C=O) groups is 1. The van der Waals surface area contributed by atoms with Crippen LogP contribution in [0, 0.1) is 0 Å². The molecule has 84 valence electrons. The molecule has 1 aromatic heterocycles. The molecule has 4 heteroatoms. The molecule has 0 atom stereocenters. The molecular formula is C12H15N3O. The van der Waals surface area contributed by atoms with Crippen molar-refractivity contribution >= 4 is 16.8 Å².